The minimum absolute atomic E-state index is 0.239. The van der Waals surface area contributed by atoms with E-state index < -0.39 is 10.0 Å². The van der Waals surface area contributed by atoms with E-state index >= 15 is 0 Å². The molecule has 2 fully saturated rings. The number of ether oxygens (including phenoxy) is 2. The minimum Gasteiger partial charge on any atom is -0.490 e. The van der Waals surface area contributed by atoms with Crippen LogP contribution >= 0.6 is 0 Å². The van der Waals surface area contributed by atoms with Crippen LogP contribution in [0.1, 0.15) is 38.5 Å². The van der Waals surface area contributed by atoms with Crippen LogP contribution < -0.4 is 9.47 Å². The van der Waals surface area contributed by atoms with Crippen LogP contribution in [0.5, 0.6) is 11.5 Å². The lowest BCUT2D eigenvalue weighted by molar-refractivity contribution is 0.111. The van der Waals surface area contributed by atoms with Crippen molar-refractivity contribution in [2.45, 2.75) is 49.5 Å². The Labute approximate surface area is 156 Å². The fourth-order valence-electron chi connectivity index (χ4n) is 4.26. The van der Waals surface area contributed by atoms with Crippen LogP contribution in [0.3, 0.4) is 0 Å². The molecule has 3 aliphatic rings. The van der Waals surface area contributed by atoms with E-state index in [0.717, 1.165) is 19.5 Å². The van der Waals surface area contributed by atoms with Crippen molar-refractivity contribution in [3.05, 3.63) is 18.2 Å². The summed E-state index contributed by atoms with van der Waals surface area (Å²) < 4.78 is 39.4. The molecule has 0 unspecified atom stereocenters. The van der Waals surface area contributed by atoms with Gasteiger partial charge in [0.2, 0.25) is 10.0 Å². The number of sulfonamides is 1. The first-order valence-electron chi connectivity index (χ1n) is 9.79. The van der Waals surface area contributed by atoms with Crippen LogP contribution in [-0.2, 0) is 10.0 Å². The van der Waals surface area contributed by atoms with Crippen molar-refractivity contribution in [3.8, 4) is 11.5 Å². The van der Waals surface area contributed by atoms with E-state index in [4.69, 9.17) is 9.47 Å². The topological polar surface area (TPSA) is 59.1 Å². The zero-order valence-electron chi connectivity index (χ0n) is 15.2. The van der Waals surface area contributed by atoms with Crippen LogP contribution in [-0.4, -0.2) is 63.1 Å². The number of piperazine rings is 1. The van der Waals surface area contributed by atoms with Crippen molar-refractivity contribution < 1.29 is 17.9 Å². The van der Waals surface area contributed by atoms with Crippen LogP contribution in [0.25, 0.3) is 0 Å². The van der Waals surface area contributed by atoms with Crippen molar-refractivity contribution in [2.75, 3.05) is 39.4 Å². The second-order valence-corrected chi connectivity index (χ2v) is 9.27. The number of para-hydroxylation sites is 1. The fraction of sp³-hybridized carbons (Fsp3) is 0.684. The van der Waals surface area contributed by atoms with Crippen molar-refractivity contribution in [1.29, 1.82) is 0 Å². The molecule has 1 saturated heterocycles. The van der Waals surface area contributed by atoms with Crippen molar-refractivity contribution in [3.63, 3.8) is 0 Å². The summed E-state index contributed by atoms with van der Waals surface area (Å²) in [6.45, 7) is 3.75. The lowest BCUT2D eigenvalue weighted by Gasteiger charge is -2.40. The number of hydrogen-bond acceptors (Lipinski definition) is 5. The monoisotopic (exact) mass is 380 g/mol. The summed E-state index contributed by atoms with van der Waals surface area (Å²) in [5.41, 5.74) is 0. The quantitative estimate of drug-likeness (QED) is 0.806. The highest BCUT2D eigenvalue weighted by molar-refractivity contribution is 7.89. The molecule has 0 spiro atoms. The zero-order chi connectivity index (χ0) is 18.0. The molecule has 2 heterocycles. The molecule has 0 N–H and O–H groups in total. The van der Waals surface area contributed by atoms with E-state index in [9.17, 15) is 8.42 Å². The average Bonchev–Trinajstić information content (AvgIpc) is 2.94. The van der Waals surface area contributed by atoms with E-state index in [2.05, 4.69) is 4.90 Å². The molecular formula is C19H28N2O4S. The highest BCUT2D eigenvalue weighted by atomic mass is 32.2. The summed E-state index contributed by atoms with van der Waals surface area (Å²) in [6, 6.07) is 5.79. The summed E-state index contributed by atoms with van der Waals surface area (Å²) in [6.07, 6.45) is 7.21. The first-order valence-corrected chi connectivity index (χ1v) is 11.2. The summed E-state index contributed by atoms with van der Waals surface area (Å²) in [7, 11) is -3.57. The normalized spacial score (nSPS) is 23.5. The molecule has 1 aliphatic carbocycles. The lowest BCUT2D eigenvalue weighted by atomic mass is 9.94. The third-order valence-corrected chi connectivity index (χ3v) is 7.64. The average molecular weight is 381 g/mol. The second kappa shape index (κ2) is 7.74. The van der Waals surface area contributed by atoms with Crippen LogP contribution in [0.15, 0.2) is 23.1 Å². The Hall–Kier alpha value is -1.31. The Balaban J connectivity index is 1.50. The largest absolute Gasteiger partial charge is 0.490 e. The van der Waals surface area contributed by atoms with Gasteiger partial charge in [-0.15, -0.1) is 0 Å². The predicted molar refractivity (Wildman–Crippen MR) is 99.3 cm³/mol. The number of fused-ring (bicyclic) bond motifs is 1. The Bertz CT molecular complexity index is 723. The number of nitrogens with zero attached hydrogens (tertiary/aromatic N) is 2. The maximum Gasteiger partial charge on any atom is 0.246 e. The van der Waals surface area contributed by atoms with E-state index in [1.807, 2.05) is 0 Å². The van der Waals surface area contributed by atoms with Crippen LogP contribution in [0, 0.1) is 0 Å². The molecule has 0 amide bonds. The molecule has 1 aromatic carbocycles. The van der Waals surface area contributed by atoms with Gasteiger partial charge in [-0.05, 0) is 25.0 Å². The van der Waals surface area contributed by atoms with Crippen molar-refractivity contribution in [1.82, 2.24) is 9.21 Å². The van der Waals surface area contributed by atoms with Gasteiger partial charge in [0.05, 0.1) is 13.2 Å². The van der Waals surface area contributed by atoms with Gasteiger partial charge < -0.3 is 9.47 Å². The van der Waals surface area contributed by atoms with Gasteiger partial charge in [0.15, 0.2) is 11.5 Å². The summed E-state index contributed by atoms with van der Waals surface area (Å²) in [4.78, 5) is 2.72. The van der Waals surface area contributed by atoms with Crippen LogP contribution in [0.4, 0.5) is 0 Å². The molecule has 2 aliphatic heterocycles. The number of benzene rings is 1. The molecule has 0 aromatic heterocycles. The Morgan fingerprint density at radius 1 is 0.885 bits per heavy atom. The first-order chi connectivity index (χ1) is 12.7. The Morgan fingerprint density at radius 2 is 1.62 bits per heavy atom. The molecule has 1 aromatic rings. The number of hydrogen-bond donors (Lipinski definition) is 0. The van der Waals surface area contributed by atoms with E-state index in [1.165, 1.54) is 32.1 Å². The summed E-state index contributed by atoms with van der Waals surface area (Å²) >= 11 is 0. The zero-order valence-corrected chi connectivity index (χ0v) is 16.0. The van der Waals surface area contributed by atoms with Gasteiger partial charge in [-0.3, -0.25) is 4.90 Å². The minimum atomic E-state index is -3.57. The Morgan fingerprint density at radius 3 is 2.38 bits per heavy atom. The van der Waals surface area contributed by atoms with Gasteiger partial charge in [0.25, 0.3) is 0 Å². The summed E-state index contributed by atoms with van der Waals surface area (Å²) in [5.74, 6) is 0.907. The lowest BCUT2D eigenvalue weighted by Crippen LogP contribution is -2.52. The van der Waals surface area contributed by atoms with E-state index in [1.54, 1.807) is 22.5 Å². The first kappa shape index (κ1) is 18.1. The third-order valence-electron chi connectivity index (χ3n) is 5.72. The second-order valence-electron chi connectivity index (χ2n) is 7.37. The molecule has 7 heteroatoms. The van der Waals surface area contributed by atoms with Crippen molar-refractivity contribution in [2.24, 2.45) is 0 Å². The van der Waals surface area contributed by atoms with Gasteiger partial charge in [-0.1, -0.05) is 25.3 Å². The van der Waals surface area contributed by atoms with E-state index in [0.29, 0.717) is 43.8 Å². The molecule has 0 radical (unpaired) electrons. The predicted octanol–water partition coefficient (Wildman–Crippen LogP) is 2.49. The molecule has 144 valence electrons. The SMILES string of the molecule is O=S(=O)(c1cccc2c1OCCCO2)N1CCN(C2CCCCC2)CC1. The smallest absolute Gasteiger partial charge is 0.246 e. The van der Waals surface area contributed by atoms with Gasteiger partial charge in [0, 0.05) is 38.6 Å². The molecule has 1 saturated carbocycles. The molecule has 0 atom stereocenters. The van der Waals surface area contributed by atoms with Crippen LogP contribution in [0.2, 0.25) is 0 Å². The van der Waals surface area contributed by atoms with Gasteiger partial charge in [-0.2, -0.15) is 4.31 Å². The highest BCUT2D eigenvalue weighted by Crippen LogP contribution is 2.37. The van der Waals surface area contributed by atoms with E-state index in [-0.39, 0.29) is 4.90 Å². The maximum absolute atomic E-state index is 13.2. The third kappa shape index (κ3) is 3.57. The van der Waals surface area contributed by atoms with Crippen molar-refractivity contribution >= 4 is 10.0 Å². The van der Waals surface area contributed by atoms with Gasteiger partial charge in [0.1, 0.15) is 4.90 Å². The molecule has 26 heavy (non-hydrogen) atoms. The molecule has 6 nitrogen and oxygen atoms in total. The van der Waals surface area contributed by atoms with Gasteiger partial charge >= 0.3 is 0 Å². The standard InChI is InChI=1S/C19H28N2O4S/c22-26(23,18-9-4-8-17-19(18)25-15-5-14-24-17)21-12-10-20(11-13-21)16-6-2-1-3-7-16/h4,8-9,16H,1-3,5-7,10-15H2. The molecular weight excluding hydrogens is 352 g/mol. The Kier molecular flexibility index (Phi) is 5.38. The van der Waals surface area contributed by atoms with Gasteiger partial charge in [-0.25, -0.2) is 8.42 Å². The fourth-order valence-corrected chi connectivity index (χ4v) is 5.83. The summed E-state index contributed by atoms with van der Waals surface area (Å²) in [5, 5.41) is 0. The maximum atomic E-state index is 13.2. The highest BCUT2D eigenvalue weighted by Gasteiger charge is 2.34. The molecule has 4 rings (SSSR count). The number of rotatable bonds is 3. The molecule has 0 bridgehead atoms.